The number of carboxylic acid groups (broad SMARTS) is 1. The van der Waals surface area contributed by atoms with E-state index in [1.54, 1.807) is 6.92 Å². The molecule has 0 bridgehead atoms. The van der Waals surface area contributed by atoms with Crippen LogP contribution in [0.1, 0.15) is 12.5 Å². The van der Waals surface area contributed by atoms with Crippen molar-refractivity contribution in [1.29, 1.82) is 0 Å². The van der Waals surface area contributed by atoms with E-state index in [4.69, 9.17) is 5.11 Å². The molecule has 0 saturated heterocycles. The highest BCUT2D eigenvalue weighted by Gasteiger charge is 2.03. The fourth-order valence-corrected chi connectivity index (χ4v) is 1.32. The molecule has 0 heterocycles. The second kappa shape index (κ2) is 6.10. The third-order valence-corrected chi connectivity index (χ3v) is 2.10. The number of halogens is 2. The van der Waals surface area contributed by atoms with Gasteiger partial charge in [-0.3, -0.25) is 0 Å². The lowest BCUT2D eigenvalue weighted by molar-refractivity contribution is -0.131. The van der Waals surface area contributed by atoms with Gasteiger partial charge in [0.2, 0.25) is 0 Å². The first kappa shape index (κ1) is 13.3. The van der Waals surface area contributed by atoms with Gasteiger partial charge in [0.25, 0.3) is 0 Å². The van der Waals surface area contributed by atoms with Crippen LogP contribution in [0.4, 0.5) is 8.78 Å². The standard InChI is InChI=1S/C12H13F2NO2/c1-8(4-12(16)17)6-15-7-9-2-3-10(13)5-11(9)14/h2-5,15H,6-7H2,1H3,(H,16,17)/b8-4-. The van der Waals surface area contributed by atoms with Gasteiger partial charge in [-0.2, -0.15) is 0 Å². The molecule has 0 aliphatic carbocycles. The van der Waals surface area contributed by atoms with E-state index in [0.717, 1.165) is 12.1 Å². The summed E-state index contributed by atoms with van der Waals surface area (Å²) in [5.74, 6) is -2.25. The van der Waals surface area contributed by atoms with E-state index in [-0.39, 0.29) is 6.54 Å². The summed E-state index contributed by atoms with van der Waals surface area (Å²) in [6.45, 7) is 2.21. The van der Waals surface area contributed by atoms with E-state index in [1.807, 2.05) is 0 Å². The highest BCUT2D eigenvalue weighted by molar-refractivity contribution is 5.80. The van der Waals surface area contributed by atoms with Crippen LogP contribution in [0.2, 0.25) is 0 Å². The van der Waals surface area contributed by atoms with Crippen molar-refractivity contribution >= 4 is 5.97 Å². The highest BCUT2D eigenvalue weighted by atomic mass is 19.1. The first-order valence-electron chi connectivity index (χ1n) is 5.04. The van der Waals surface area contributed by atoms with Crippen LogP contribution >= 0.6 is 0 Å². The van der Waals surface area contributed by atoms with Crippen LogP contribution in [-0.4, -0.2) is 17.6 Å². The van der Waals surface area contributed by atoms with Gasteiger partial charge in [-0.15, -0.1) is 0 Å². The van der Waals surface area contributed by atoms with Crippen molar-refractivity contribution in [2.75, 3.05) is 6.54 Å². The fraction of sp³-hybridized carbons (Fsp3) is 0.250. The van der Waals surface area contributed by atoms with Crippen molar-refractivity contribution in [1.82, 2.24) is 5.32 Å². The maximum atomic E-state index is 13.2. The molecule has 92 valence electrons. The smallest absolute Gasteiger partial charge is 0.328 e. The minimum atomic E-state index is -1.02. The lowest BCUT2D eigenvalue weighted by Crippen LogP contribution is -2.17. The molecule has 1 aromatic carbocycles. The molecule has 0 aliphatic rings. The van der Waals surface area contributed by atoms with E-state index >= 15 is 0 Å². The lowest BCUT2D eigenvalue weighted by atomic mass is 10.2. The molecular weight excluding hydrogens is 228 g/mol. The molecule has 0 radical (unpaired) electrons. The number of hydrogen-bond donors (Lipinski definition) is 2. The van der Waals surface area contributed by atoms with Crippen molar-refractivity contribution < 1.29 is 18.7 Å². The van der Waals surface area contributed by atoms with Crippen molar-refractivity contribution in [2.24, 2.45) is 0 Å². The van der Waals surface area contributed by atoms with Gasteiger partial charge < -0.3 is 10.4 Å². The van der Waals surface area contributed by atoms with E-state index in [9.17, 15) is 13.6 Å². The molecule has 1 rings (SSSR count). The molecule has 0 aliphatic heterocycles. The van der Waals surface area contributed by atoms with E-state index in [0.29, 0.717) is 17.7 Å². The van der Waals surface area contributed by atoms with Crippen molar-refractivity contribution in [3.63, 3.8) is 0 Å². The zero-order valence-corrected chi connectivity index (χ0v) is 9.34. The highest BCUT2D eigenvalue weighted by Crippen LogP contribution is 2.09. The first-order chi connectivity index (χ1) is 7.99. The summed E-state index contributed by atoms with van der Waals surface area (Å²) in [6.07, 6.45) is 1.08. The van der Waals surface area contributed by atoms with Gasteiger partial charge in [0.05, 0.1) is 0 Å². The summed E-state index contributed by atoms with van der Waals surface area (Å²) in [5, 5.41) is 11.3. The number of aliphatic carboxylic acids is 1. The number of benzene rings is 1. The minimum absolute atomic E-state index is 0.219. The monoisotopic (exact) mass is 241 g/mol. The molecule has 3 nitrogen and oxygen atoms in total. The van der Waals surface area contributed by atoms with Crippen LogP contribution in [0.25, 0.3) is 0 Å². The van der Waals surface area contributed by atoms with E-state index in [1.165, 1.54) is 12.1 Å². The SMILES string of the molecule is C/C(=C/C(=O)O)CNCc1ccc(F)cc1F. The molecule has 0 aromatic heterocycles. The Labute approximate surface area is 97.8 Å². The molecule has 2 N–H and O–H groups in total. The predicted molar refractivity (Wildman–Crippen MR) is 59.5 cm³/mol. The first-order valence-corrected chi connectivity index (χ1v) is 5.04. The second-order valence-corrected chi connectivity index (χ2v) is 3.67. The Morgan fingerprint density at radius 3 is 2.76 bits per heavy atom. The number of carbonyl (C=O) groups is 1. The molecule has 17 heavy (non-hydrogen) atoms. The quantitative estimate of drug-likeness (QED) is 0.776. The predicted octanol–water partition coefficient (Wildman–Crippen LogP) is 2.09. The van der Waals surface area contributed by atoms with E-state index in [2.05, 4.69) is 5.32 Å². The molecule has 0 saturated carbocycles. The Balaban J connectivity index is 2.49. The van der Waals surface area contributed by atoms with Gasteiger partial charge in [0, 0.05) is 30.8 Å². The minimum Gasteiger partial charge on any atom is -0.478 e. The number of carboxylic acids is 1. The molecular formula is C12H13F2NO2. The average molecular weight is 241 g/mol. The molecule has 1 aromatic rings. The number of nitrogens with one attached hydrogen (secondary N) is 1. The summed E-state index contributed by atoms with van der Waals surface area (Å²) < 4.78 is 25.8. The van der Waals surface area contributed by atoms with Crippen LogP contribution in [0.3, 0.4) is 0 Å². The van der Waals surface area contributed by atoms with Gasteiger partial charge in [-0.25, -0.2) is 13.6 Å². The summed E-state index contributed by atoms with van der Waals surface area (Å²) in [4.78, 5) is 10.3. The molecule has 0 fully saturated rings. The topological polar surface area (TPSA) is 49.3 Å². The van der Waals surface area contributed by atoms with Crippen LogP contribution < -0.4 is 5.32 Å². The van der Waals surface area contributed by atoms with Gasteiger partial charge >= 0.3 is 5.97 Å². The molecule has 0 unspecified atom stereocenters. The van der Waals surface area contributed by atoms with Crippen LogP contribution in [-0.2, 0) is 11.3 Å². The Morgan fingerprint density at radius 1 is 1.47 bits per heavy atom. The third-order valence-electron chi connectivity index (χ3n) is 2.10. The van der Waals surface area contributed by atoms with E-state index < -0.39 is 17.6 Å². The molecule has 0 amide bonds. The largest absolute Gasteiger partial charge is 0.478 e. The number of hydrogen-bond acceptors (Lipinski definition) is 2. The zero-order valence-electron chi connectivity index (χ0n) is 9.34. The van der Waals surface area contributed by atoms with Crippen molar-refractivity contribution in [2.45, 2.75) is 13.5 Å². The average Bonchev–Trinajstić information content (AvgIpc) is 2.20. The van der Waals surface area contributed by atoms with Gasteiger partial charge in [0.1, 0.15) is 11.6 Å². The van der Waals surface area contributed by atoms with Crippen molar-refractivity contribution in [3.05, 3.63) is 47.0 Å². The summed E-state index contributed by atoms with van der Waals surface area (Å²) in [6, 6.07) is 3.35. The molecule has 5 heteroatoms. The Bertz CT molecular complexity index is 444. The number of rotatable bonds is 5. The summed E-state index contributed by atoms with van der Waals surface area (Å²) >= 11 is 0. The third kappa shape index (κ3) is 4.74. The Morgan fingerprint density at radius 2 is 2.18 bits per heavy atom. The molecule has 0 spiro atoms. The van der Waals surface area contributed by atoms with Crippen molar-refractivity contribution in [3.8, 4) is 0 Å². The fourth-order valence-electron chi connectivity index (χ4n) is 1.32. The lowest BCUT2D eigenvalue weighted by Gasteiger charge is -2.06. The van der Waals surface area contributed by atoms with Gasteiger partial charge in [-0.1, -0.05) is 11.6 Å². The zero-order chi connectivity index (χ0) is 12.8. The van der Waals surface area contributed by atoms with Crippen LogP contribution in [0.15, 0.2) is 29.8 Å². The van der Waals surface area contributed by atoms with Gasteiger partial charge in [0.15, 0.2) is 0 Å². The van der Waals surface area contributed by atoms with Gasteiger partial charge in [-0.05, 0) is 13.0 Å². The normalized spacial score (nSPS) is 11.6. The Kier molecular flexibility index (Phi) is 4.78. The molecule has 0 atom stereocenters. The maximum absolute atomic E-state index is 13.2. The maximum Gasteiger partial charge on any atom is 0.328 e. The summed E-state index contributed by atoms with van der Waals surface area (Å²) in [5.41, 5.74) is 0.967. The Hall–Kier alpha value is -1.75. The summed E-state index contributed by atoms with van der Waals surface area (Å²) in [7, 11) is 0. The van der Waals surface area contributed by atoms with Crippen LogP contribution in [0.5, 0.6) is 0 Å². The second-order valence-electron chi connectivity index (χ2n) is 3.67. The van der Waals surface area contributed by atoms with Crippen LogP contribution in [0, 0.1) is 11.6 Å².